The molecule has 0 bridgehead atoms. The van der Waals surface area contributed by atoms with E-state index in [9.17, 15) is 4.79 Å². The van der Waals surface area contributed by atoms with Crippen molar-refractivity contribution in [3.63, 3.8) is 0 Å². The van der Waals surface area contributed by atoms with Crippen LogP contribution in [0.2, 0.25) is 0 Å². The minimum Gasteiger partial charge on any atom is -0.445 e. The lowest BCUT2D eigenvalue weighted by atomic mass is 10.1. The molecule has 0 radical (unpaired) electrons. The highest BCUT2D eigenvalue weighted by molar-refractivity contribution is 5.64. The zero-order chi connectivity index (χ0) is 11.3. The van der Waals surface area contributed by atoms with Gasteiger partial charge in [0.15, 0.2) is 0 Å². The van der Waals surface area contributed by atoms with Crippen LogP contribution in [0.4, 0.5) is 4.79 Å². The molecule has 0 unspecified atom stereocenters. The van der Waals surface area contributed by atoms with Crippen molar-refractivity contribution in [1.82, 2.24) is 4.90 Å². The summed E-state index contributed by atoms with van der Waals surface area (Å²) in [5, 5.41) is 0. The summed E-state index contributed by atoms with van der Waals surface area (Å²) in [6.45, 7) is 1.10. The molecule has 0 aliphatic rings. The van der Waals surface area contributed by atoms with E-state index in [1.807, 2.05) is 38.4 Å². The molecule has 2 N–H and O–H groups in total. The molecule has 0 fully saturated rings. The lowest BCUT2D eigenvalue weighted by molar-refractivity contribution is 0.150. The first-order chi connectivity index (χ1) is 7.08. The number of amides is 1. The van der Waals surface area contributed by atoms with Crippen molar-refractivity contribution in [2.75, 3.05) is 14.1 Å². The average molecular weight is 208 g/mol. The van der Waals surface area contributed by atoms with Crippen LogP contribution < -0.4 is 5.73 Å². The Kier molecular flexibility index (Phi) is 4.12. The molecule has 0 saturated carbocycles. The Balaban J connectivity index is 2.61. The Morgan fingerprint density at radius 3 is 2.67 bits per heavy atom. The van der Waals surface area contributed by atoms with Gasteiger partial charge < -0.3 is 15.4 Å². The molecule has 0 atom stereocenters. The van der Waals surface area contributed by atoms with Crippen LogP contribution in [0, 0.1) is 0 Å². The van der Waals surface area contributed by atoms with Crippen molar-refractivity contribution >= 4 is 6.09 Å². The van der Waals surface area contributed by atoms with Gasteiger partial charge in [0, 0.05) is 6.54 Å². The Hall–Kier alpha value is -1.55. The van der Waals surface area contributed by atoms with Crippen molar-refractivity contribution in [3.8, 4) is 0 Å². The smallest absolute Gasteiger partial charge is 0.404 e. The topological polar surface area (TPSA) is 55.6 Å². The fourth-order valence-corrected chi connectivity index (χ4v) is 1.34. The first-order valence-electron chi connectivity index (χ1n) is 4.72. The fraction of sp³-hybridized carbons (Fsp3) is 0.364. The zero-order valence-electron chi connectivity index (χ0n) is 9.06. The molecule has 0 aromatic heterocycles. The highest BCUT2D eigenvalue weighted by Crippen LogP contribution is 2.08. The van der Waals surface area contributed by atoms with Crippen LogP contribution in [0.3, 0.4) is 0 Å². The molecule has 0 aliphatic heterocycles. The standard InChI is InChI=1S/C11H16N2O2/c1-13(2)7-9-4-3-5-10(6-9)8-15-11(12)14/h3-6H,7-8H2,1-2H3,(H2,12,14). The van der Waals surface area contributed by atoms with Crippen LogP contribution in [0.25, 0.3) is 0 Å². The van der Waals surface area contributed by atoms with Crippen molar-refractivity contribution < 1.29 is 9.53 Å². The Labute approximate surface area is 89.6 Å². The van der Waals surface area contributed by atoms with Crippen LogP contribution in [0.1, 0.15) is 11.1 Å². The summed E-state index contributed by atoms with van der Waals surface area (Å²) >= 11 is 0. The maximum absolute atomic E-state index is 10.4. The lowest BCUT2D eigenvalue weighted by Crippen LogP contribution is -2.13. The van der Waals surface area contributed by atoms with Crippen molar-refractivity contribution in [2.45, 2.75) is 13.2 Å². The highest BCUT2D eigenvalue weighted by atomic mass is 16.5. The quantitative estimate of drug-likeness (QED) is 0.812. The van der Waals surface area contributed by atoms with Gasteiger partial charge in [-0.15, -0.1) is 0 Å². The monoisotopic (exact) mass is 208 g/mol. The predicted octanol–water partition coefficient (Wildman–Crippen LogP) is 1.34. The lowest BCUT2D eigenvalue weighted by Gasteiger charge is -2.10. The van der Waals surface area contributed by atoms with Gasteiger partial charge in [-0.2, -0.15) is 0 Å². The summed E-state index contributed by atoms with van der Waals surface area (Å²) in [4.78, 5) is 12.5. The molecule has 4 heteroatoms. The van der Waals surface area contributed by atoms with Gasteiger partial charge >= 0.3 is 6.09 Å². The molecule has 15 heavy (non-hydrogen) atoms. The summed E-state index contributed by atoms with van der Waals surface area (Å²) in [6, 6.07) is 7.89. The molecular weight excluding hydrogens is 192 g/mol. The van der Waals surface area contributed by atoms with E-state index in [0.29, 0.717) is 0 Å². The summed E-state index contributed by atoms with van der Waals surface area (Å²) in [5.41, 5.74) is 7.03. The summed E-state index contributed by atoms with van der Waals surface area (Å²) in [5.74, 6) is 0. The maximum Gasteiger partial charge on any atom is 0.404 e. The number of nitrogens with zero attached hydrogens (tertiary/aromatic N) is 1. The molecular formula is C11H16N2O2. The van der Waals surface area contributed by atoms with E-state index in [1.165, 1.54) is 5.56 Å². The van der Waals surface area contributed by atoms with Crippen LogP contribution in [0.15, 0.2) is 24.3 Å². The molecule has 82 valence electrons. The average Bonchev–Trinajstić information content (AvgIpc) is 2.14. The largest absolute Gasteiger partial charge is 0.445 e. The molecule has 1 aromatic rings. The molecule has 0 aliphatic carbocycles. The molecule has 0 heterocycles. The molecule has 0 saturated heterocycles. The van der Waals surface area contributed by atoms with Crippen LogP contribution in [-0.2, 0) is 17.9 Å². The SMILES string of the molecule is CN(C)Cc1cccc(COC(N)=O)c1. The molecule has 1 amide bonds. The first-order valence-corrected chi connectivity index (χ1v) is 4.72. The van der Waals surface area contributed by atoms with E-state index < -0.39 is 6.09 Å². The molecule has 1 aromatic carbocycles. The van der Waals surface area contributed by atoms with E-state index in [1.54, 1.807) is 0 Å². The van der Waals surface area contributed by atoms with Gasteiger partial charge in [-0.05, 0) is 25.2 Å². The van der Waals surface area contributed by atoms with Gasteiger partial charge in [0.25, 0.3) is 0 Å². The third kappa shape index (κ3) is 4.46. The number of hydrogen-bond donors (Lipinski definition) is 1. The van der Waals surface area contributed by atoms with E-state index in [2.05, 4.69) is 4.90 Å². The minimum atomic E-state index is -0.743. The summed E-state index contributed by atoms with van der Waals surface area (Å²) < 4.78 is 4.71. The van der Waals surface area contributed by atoms with Gasteiger partial charge in [-0.1, -0.05) is 24.3 Å². The Bertz CT molecular complexity index is 337. The second-order valence-electron chi connectivity index (χ2n) is 3.67. The third-order valence-electron chi connectivity index (χ3n) is 1.87. The fourth-order valence-electron chi connectivity index (χ4n) is 1.34. The van der Waals surface area contributed by atoms with Gasteiger partial charge in [0.1, 0.15) is 6.61 Å². The number of nitrogens with two attached hydrogens (primary N) is 1. The first kappa shape index (κ1) is 11.5. The summed E-state index contributed by atoms with van der Waals surface area (Å²) in [6.07, 6.45) is -0.743. The van der Waals surface area contributed by atoms with Crippen LogP contribution in [-0.4, -0.2) is 25.1 Å². The summed E-state index contributed by atoms with van der Waals surface area (Å²) in [7, 11) is 4.01. The van der Waals surface area contributed by atoms with Gasteiger partial charge in [0.05, 0.1) is 0 Å². The van der Waals surface area contributed by atoms with Gasteiger partial charge in [0.2, 0.25) is 0 Å². The Morgan fingerprint density at radius 1 is 1.40 bits per heavy atom. The maximum atomic E-state index is 10.4. The zero-order valence-corrected chi connectivity index (χ0v) is 9.06. The van der Waals surface area contributed by atoms with E-state index in [0.717, 1.165) is 12.1 Å². The minimum absolute atomic E-state index is 0.233. The van der Waals surface area contributed by atoms with Crippen molar-refractivity contribution in [3.05, 3.63) is 35.4 Å². The van der Waals surface area contributed by atoms with Crippen molar-refractivity contribution in [2.24, 2.45) is 5.73 Å². The number of ether oxygens (including phenoxy) is 1. The number of carbonyl (C=O) groups is 1. The van der Waals surface area contributed by atoms with E-state index in [-0.39, 0.29) is 6.61 Å². The number of carbonyl (C=O) groups excluding carboxylic acids is 1. The normalized spacial score (nSPS) is 10.3. The van der Waals surface area contributed by atoms with Crippen LogP contribution >= 0.6 is 0 Å². The van der Waals surface area contributed by atoms with Gasteiger partial charge in [-0.3, -0.25) is 0 Å². The number of rotatable bonds is 4. The second-order valence-corrected chi connectivity index (χ2v) is 3.67. The number of benzene rings is 1. The highest BCUT2D eigenvalue weighted by Gasteiger charge is 1.99. The number of hydrogen-bond acceptors (Lipinski definition) is 3. The Morgan fingerprint density at radius 2 is 2.07 bits per heavy atom. The number of primary amides is 1. The van der Waals surface area contributed by atoms with E-state index >= 15 is 0 Å². The van der Waals surface area contributed by atoms with E-state index in [4.69, 9.17) is 10.5 Å². The molecule has 4 nitrogen and oxygen atoms in total. The third-order valence-corrected chi connectivity index (χ3v) is 1.87. The predicted molar refractivity (Wildman–Crippen MR) is 58.2 cm³/mol. The van der Waals surface area contributed by atoms with Crippen LogP contribution in [0.5, 0.6) is 0 Å². The van der Waals surface area contributed by atoms with Gasteiger partial charge in [-0.25, -0.2) is 4.79 Å². The second kappa shape index (κ2) is 5.36. The van der Waals surface area contributed by atoms with Crippen molar-refractivity contribution in [1.29, 1.82) is 0 Å². The molecule has 1 rings (SSSR count). The molecule has 0 spiro atoms.